The van der Waals surface area contributed by atoms with Gasteiger partial charge in [0.15, 0.2) is 17.5 Å². The van der Waals surface area contributed by atoms with Gasteiger partial charge in [-0.1, -0.05) is 182 Å². The van der Waals surface area contributed by atoms with Gasteiger partial charge in [-0.15, -0.1) is 0 Å². The summed E-state index contributed by atoms with van der Waals surface area (Å²) in [5.74, 6) is 1.93. The molecule has 0 aliphatic heterocycles. The second-order valence-corrected chi connectivity index (χ2v) is 18.3. The Hall–Kier alpha value is -9.19. The van der Waals surface area contributed by atoms with E-state index in [1.807, 2.05) is 36.4 Å². The van der Waals surface area contributed by atoms with Crippen molar-refractivity contribution in [1.82, 2.24) is 24.1 Å². The molecule has 3 aromatic heterocycles. The highest BCUT2D eigenvalue weighted by Gasteiger charge is 2.52. The van der Waals surface area contributed by atoms with E-state index >= 15 is 0 Å². The van der Waals surface area contributed by atoms with E-state index in [1.165, 1.54) is 88.1 Å². The minimum Gasteiger partial charge on any atom is -0.309 e. The smallest absolute Gasteiger partial charge is 0.164 e. The number of nitrogens with zero attached hydrogens (tertiary/aromatic N) is 5. The van der Waals surface area contributed by atoms with E-state index in [0.717, 1.165) is 28.1 Å². The molecule has 15 rings (SSSR count). The zero-order valence-electron chi connectivity index (χ0n) is 37.3. The Morgan fingerprint density at radius 2 is 0.638 bits per heavy atom. The topological polar surface area (TPSA) is 48.5 Å². The fourth-order valence-corrected chi connectivity index (χ4v) is 11.9. The van der Waals surface area contributed by atoms with Gasteiger partial charge in [0.1, 0.15) is 0 Å². The number of rotatable bonds is 5. The van der Waals surface area contributed by atoms with Crippen LogP contribution in [0.1, 0.15) is 22.3 Å². The first-order valence-corrected chi connectivity index (χ1v) is 23.6. The minimum atomic E-state index is -0.651. The first kappa shape index (κ1) is 38.0. The maximum Gasteiger partial charge on any atom is 0.164 e. The summed E-state index contributed by atoms with van der Waals surface area (Å²) < 4.78 is 4.90. The Bertz CT molecular complexity index is 3930. The first-order valence-electron chi connectivity index (χ1n) is 23.6. The summed E-state index contributed by atoms with van der Waals surface area (Å²) in [5.41, 5.74) is 19.1. The van der Waals surface area contributed by atoms with Crippen LogP contribution < -0.4 is 0 Å². The lowest BCUT2D eigenvalue weighted by Gasteiger charge is -2.31. The van der Waals surface area contributed by atoms with Crippen LogP contribution in [-0.4, -0.2) is 24.1 Å². The summed E-state index contributed by atoms with van der Waals surface area (Å²) in [6.45, 7) is 0. The highest BCUT2D eigenvalue weighted by atomic mass is 15.0. The minimum absolute atomic E-state index is 0.637. The molecule has 13 aromatic rings. The molecule has 5 heteroatoms. The van der Waals surface area contributed by atoms with Gasteiger partial charge < -0.3 is 9.13 Å². The van der Waals surface area contributed by atoms with Crippen LogP contribution in [-0.2, 0) is 5.41 Å². The third-order valence-electron chi connectivity index (χ3n) is 14.8. The van der Waals surface area contributed by atoms with E-state index in [4.69, 9.17) is 15.0 Å². The predicted octanol–water partition coefficient (Wildman–Crippen LogP) is 15.4. The average molecular weight is 878 g/mol. The van der Waals surface area contributed by atoms with Gasteiger partial charge in [-0.25, -0.2) is 15.0 Å². The van der Waals surface area contributed by atoms with Gasteiger partial charge in [-0.3, -0.25) is 0 Å². The molecule has 0 fully saturated rings. The maximum atomic E-state index is 5.19. The monoisotopic (exact) mass is 877 g/mol. The van der Waals surface area contributed by atoms with Crippen LogP contribution in [0.3, 0.4) is 0 Å². The van der Waals surface area contributed by atoms with Gasteiger partial charge in [0.05, 0.1) is 27.5 Å². The van der Waals surface area contributed by atoms with E-state index in [0.29, 0.717) is 17.5 Å². The molecule has 1 spiro atoms. The van der Waals surface area contributed by atoms with Crippen molar-refractivity contribution in [2.24, 2.45) is 0 Å². The fourth-order valence-electron chi connectivity index (χ4n) is 11.9. The maximum absolute atomic E-state index is 5.19. The second-order valence-electron chi connectivity index (χ2n) is 18.3. The summed E-state index contributed by atoms with van der Waals surface area (Å²) in [4.78, 5) is 15.4. The van der Waals surface area contributed by atoms with Crippen molar-refractivity contribution >= 4 is 43.6 Å². The lowest BCUT2D eigenvalue weighted by Crippen LogP contribution is -2.26. The summed E-state index contributed by atoms with van der Waals surface area (Å²) in [5, 5.41) is 4.98. The Balaban J connectivity index is 1.01. The summed E-state index contributed by atoms with van der Waals surface area (Å²) in [6, 6.07) is 85.9. The van der Waals surface area contributed by atoms with Crippen molar-refractivity contribution in [1.29, 1.82) is 0 Å². The molecule has 0 atom stereocenters. The number of aromatic nitrogens is 5. The third kappa shape index (κ3) is 5.32. The van der Waals surface area contributed by atoms with Gasteiger partial charge in [0.2, 0.25) is 0 Å². The summed E-state index contributed by atoms with van der Waals surface area (Å²) in [6.07, 6.45) is 0. The van der Waals surface area contributed by atoms with E-state index in [1.54, 1.807) is 0 Å². The number of hydrogen-bond acceptors (Lipinski definition) is 3. The zero-order chi connectivity index (χ0) is 45.2. The van der Waals surface area contributed by atoms with E-state index in [-0.39, 0.29) is 0 Å². The molecule has 320 valence electrons. The van der Waals surface area contributed by atoms with Crippen LogP contribution >= 0.6 is 0 Å². The van der Waals surface area contributed by atoms with Crippen LogP contribution in [0.15, 0.2) is 237 Å². The van der Waals surface area contributed by atoms with Crippen LogP contribution in [0.5, 0.6) is 0 Å². The molecular weight excluding hydrogens is 839 g/mol. The number of hydrogen-bond donors (Lipinski definition) is 0. The van der Waals surface area contributed by atoms with Crippen molar-refractivity contribution < 1.29 is 0 Å². The van der Waals surface area contributed by atoms with Gasteiger partial charge in [0, 0.05) is 49.6 Å². The summed E-state index contributed by atoms with van der Waals surface area (Å²) in [7, 11) is 0. The van der Waals surface area contributed by atoms with Crippen molar-refractivity contribution in [2.75, 3.05) is 0 Å². The van der Waals surface area contributed by atoms with Gasteiger partial charge in [-0.2, -0.15) is 0 Å². The zero-order valence-corrected chi connectivity index (χ0v) is 37.3. The molecule has 2 aliphatic carbocycles. The molecule has 10 aromatic carbocycles. The lowest BCUT2D eigenvalue weighted by atomic mass is 9.70. The Morgan fingerprint density at radius 3 is 1.12 bits per heavy atom. The largest absolute Gasteiger partial charge is 0.309 e. The highest BCUT2D eigenvalue weighted by Crippen LogP contribution is 2.64. The fraction of sp³-hybridized carbons (Fsp3) is 0.0156. The molecular formula is C64H39N5. The van der Waals surface area contributed by atoms with Gasteiger partial charge in [0.25, 0.3) is 0 Å². The molecule has 2 aliphatic rings. The van der Waals surface area contributed by atoms with Crippen LogP contribution in [0.25, 0.3) is 111 Å². The quantitative estimate of drug-likeness (QED) is 0.173. The van der Waals surface area contributed by atoms with Crippen molar-refractivity contribution in [3.05, 3.63) is 259 Å². The Morgan fingerprint density at radius 1 is 0.261 bits per heavy atom. The molecule has 5 nitrogen and oxygen atoms in total. The number of fused-ring (bicyclic) bond motifs is 16. The predicted molar refractivity (Wildman–Crippen MR) is 281 cm³/mol. The molecule has 0 bridgehead atoms. The summed E-state index contributed by atoms with van der Waals surface area (Å²) >= 11 is 0. The van der Waals surface area contributed by atoms with E-state index < -0.39 is 5.41 Å². The van der Waals surface area contributed by atoms with Crippen molar-refractivity contribution in [3.63, 3.8) is 0 Å². The van der Waals surface area contributed by atoms with Crippen LogP contribution in [0.2, 0.25) is 0 Å². The Labute approximate surface area is 397 Å². The standard InChI is InChI=1S/C64H39N5/c1-3-17-40(18-4-1)61-65-62(41-19-5-2-6-20-41)67-63(66-61)42-31-36-54-52(37-42)45-21-7-12-26-53(45)64(54)55-38-43(68-57-27-13-8-22-48(57)49-23-9-14-28-58(49)68)32-34-46(55)47-35-33-44(39-56(47)64)69-59-29-15-10-24-50(59)51-25-11-16-30-60(51)69/h1-39H. The first-order chi connectivity index (χ1) is 34.2. The van der Waals surface area contributed by atoms with Gasteiger partial charge >= 0.3 is 0 Å². The third-order valence-corrected chi connectivity index (χ3v) is 14.8. The molecule has 3 heterocycles. The Kier molecular flexibility index (Phi) is 7.93. The number of para-hydroxylation sites is 4. The second kappa shape index (κ2) is 14.4. The molecule has 0 saturated heterocycles. The molecule has 0 unspecified atom stereocenters. The lowest BCUT2D eigenvalue weighted by molar-refractivity contribution is 0.791. The van der Waals surface area contributed by atoms with Crippen molar-refractivity contribution in [2.45, 2.75) is 5.41 Å². The number of benzene rings is 10. The SMILES string of the molecule is c1ccc(-c2nc(-c3ccccc3)nc(-c3ccc4c(c3)-c3ccccc3C43c4cc(-n5c6ccccc6c6ccccc65)ccc4-c4ccc(-n5c6ccccc6c6ccccc65)cc43)n2)cc1. The highest BCUT2D eigenvalue weighted by molar-refractivity contribution is 6.10. The molecule has 0 saturated carbocycles. The normalized spacial score (nSPS) is 13.0. The molecule has 0 radical (unpaired) electrons. The van der Waals surface area contributed by atoms with Gasteiger partial charge in [-0.05, 0) is 99.1 Å². The van der Waals surface area contributed by atoms with Crippen LogP contribution in [0, 0.1) is 0 Å². The molecule has 69 heavy (non-hydrogen) atoms. The molecule has 0 amide bonds. The molecule has 0 N–H and O–H groups in total. The van der Waals surface area contributed by atoms with Crippen LogP contribution in [0.4, 0.5) is 0 Å². The van der Waals surface area contributed by atoms with Crippen molar-refractivity contribution in [3.8, 4) is 67.8 Å². The average Bonchev–Trinajstić information content (AvgIpc) is 4.13. The van der Waals surface area contributed by atoms with E-state index in [2.05, 4.69) is 209 Å². The van der Waals surface area contributed by atoms with E-state index in [9.17, 15) is 0 Å².